The van der Waals surface area contributed by atoms with Crippen LogP contribution in [-0.4, -0.2) is 5.11 Å². The molecule has 3 N–H and O–H groups in total. The zero-order valence-electron chi connectivity index (χ0n) is 11.1. The first-order chi connectivity index (χ1) is 8.99. The van der Waals surface area contributed by atoms with E-state index in [-0.39, 0.29) is 0 Å². The number of hydrogen-bond donors (Lipinski definition) is 2. The summed E-state index contributed by atoms with van der Waals surface area (Å²) in [5.74, 6) is 5.85. The lowest BCUT2D eigenvalue weighted by Crippen LogP contribution is -2.18. The van der Waals surface area contributed by atoms with E-state index >= 15 is 0 Å². The van der Waals surface area contributed by atoms with E-state index in [1.54, 1.807) is 6.92 Å². The smallest absolute Gasteiger partial charge is 0.148 e. The maximum absolute atomic E-state index is 10.4. The summed E-state index contributed by atoms with van der Waals surface area (Å²) >= 11 is 0. The normalized spacial score (nSPS) is 13.2. The van der Waals surface area contributed by atoms with Gasteiger partial charge in [0.05, 0.1) is 0 Å². The Bertz CT molecular complexity index is 633. The van der Waals surface area contributed by atoms with Gasteiger partial charge in [0.1, 0.15) is 5.60 Å². The molecule has 2 rings (SSSR count). The van der Waals surface area contributed by atoms with Gasteiger partial charge in [-0.2, -0.15) is 0 Å². The van der Waals surface area contributed by atoms with Crippen LogP contribution < -0.4 is 5.73 Å². The number of hydrogen-bond acceptors (Lipinski definition) is 2. The van der Waals surface area contributed by atoms with Crippen molar-refractivity contribution in [3.05, 3.63) is 65.2 Å². The van der Waals surface area contributed by atoms with Gasteiger partial charge in [-0.25, -0.2) is 0 Å². The number of aryl methyl sites for hydroxylation is 1. The van der Waals surface area contributed by atoms with E-state index in [0.29, 0.717) is 5.69 Å². The molecule has 0 heterocycles. The standard InChI is InChI=1S/C17H17NO/c1-13-8-9-16(18)14(12-13)10-11-17(2,19)15-6-4-3-5-7-15/h3-9,12,19H,18H2,1-2H3. The van der Waals surface area contributed by atoms with Crippen molar-refractivity contribution in [2.75, 3.05) is 5.73 Å². The molecule has 0 amide bonds. The Hall–Kier alpha value is -2.24. The molecule has 19 heavy (non-hydrogen) atoms. The van der Waals surface area contributed by atoms with E-state index in [9.17, 15) is 5.11 Å². The van der Waals surface area contributed by atoms with E-state index in [4.69, 9.17) is 5.73 Å². The number of rotatable bonds is 1. The minimum Gasteiger partial charge on any atom is -0.398 e. The largest absolute Gasteiger partial charge is 0.398 e. The highest BCUT2D eigenvalue weighted by atomic mass is 16.3. The molecule has 0 aromatic heterocycles. The molecule has 2 nitrogen and oxygen atoms in total. The fraction of sp³-hybridized carbons (Fsp3) is 0.176. The molecule has 2 heteroatoms. The Morgan fingerprint density at radius 2 is 1.79 bits per heavy atom. The highest BCUT2D eigenvalue weighted by molar-refractivity contribution is 5.57. The molecule has 0 saturated carbocycles. The zero-order valence-corrected chi connectivity index (χ0v) is 11.1. The molecular weight excluding hydrogens is 234 g/mol. The third-order valence-corrected chi connectivity index (χ3v) is 2.99. The van der Waals surface area contributed by atoms with Gasteiger partial charge < -0.3 is 10.8 Å². The second-order valence-electron chi connectivity index (χ2n) is 4.78. The van der Waals surface area contributed by atoms with Crippen molar-refractivity contribution in [3.63, 3.8) is 0 Å². The van der Waals surface area contributed by atoms with E-state index < -0.39 is 5.60 Å². The first kappa shape index (κ1) is 13.2. The first-order valence-electron chi connectivity index (χ1n) is 6.16. The van der Waals surface area contributed by atoms with Crippen molar-refractivity contribution in [1.82, 2.24) is 0 Å². The van der Waals surface area contributed by atoms with Crippen LogP contribution >= 0.6 is 0 Å². The van der Waals surface area contributed by atoms with Crippen LogP contribution in [0.4, 0.5) is 5.69 Å². The van der Waals surface area contributed by atoms with E-state index in [2.05, 4.69) is 11.8 Å². The molecule has 0 fully saturated rings. The van der Waals surface area contributed by atoms with Crippen LogP contribution in [0.15, 0.2) is 48.5 Å². The van der Waals surface area contributed by atoms with Gasteiger partial charge in [0, 0.05) is 11.3 Å². The van der Waals surface area contributed by atoms with E-state index in [1.165, 1.54) is 0 Å². The average Bonchev–Trinajstić information content (AvgIpc) is 2.41. The summed E-state index contributed by atoms with van der Waals surface area (Å²) in [5, 5.41) is 10.4. The van der Waals surface area contributed by atoms with Crippen LogP contribution in [0.1, 0.15) is 23.6 Å². The molecule has 0 aliphatic carbocycles. The maximum atomic E-state index is 10.4. The summed E-state index contributed by atoms with van der Waals surface area (Å²) in [6, 6.07) is 15.1. The Labute approximate surface area is 113 Å². The average molecular weight is 251 g/mol. The molecule has 1 atom stereocenters. The molecule has 1 unspecified atom stereocenters. The summed E-state index contributed by atoms with van der Waals surface area (Å²) in [6.45, 7) is 3.67. The van der Waals surface area contributed by atoms with Crippen molar-refractivity contribution in [3.8, 4) is 11.8 Å². The fourth-order valence-electron chi connectivity index (χ4n) is 1.80. The topological polar surface area (TPSA) is 46.2 Å². The molecule has 0 saturated heterocycles. The van der Waals surface area contributed by atoms with Gasteiger partial charge in [-0.1, -0.05) is 48.2 Å². The number of anilines is 1. The molecular formula is C17H17NO. The predicted octanol–water partition coefficient (Wildman–Crippen LogP) is 2.84. The number of nitrogens with two attached hydrogens (primary N) is 1. The Morgan fingerprint density at radius 3 is 2.47 bits per heavy atom. The van der Waals surface area contributed by atoms with Gasteiger partial charge in [-0.15, -0.1) is 0 Å². The van der Waals surface area contributed by atoms with Crippen molar-refractivity contribution in [2.24, 2.45) is 0 Å². The van der Waals surface area contributed by atoms with Crippen molar-refractivity contribution in [2.45, 2.75) is 19.4 Å². The lowest BCUT2D eigenvalue weighted by molar-refractivity contribution is 0.122. The third kappa shape index (κ3) is 3.15. The number of benzene rings is 2. The lowest BCUT2D eigenvalue weighted by atomic mass is 9.96. The molecule has 0 bridgehead atoms. The summed E-state index contributed by atoms with van der Waals surface area (Å²) in [4.78, 5) is 0. The molecule has 0 aliphatic heterocycles. The van der Waals surface area contributed by atoms with Crippen LogP contribution in [-0.2, 0) is 5.60 Å². The maximum Gasteiger partial charge on any atom is 0.148 e. The van der Waals surface area contributed by atoms with Crippen LogP contribution in [0.3, 0.4) is 0 Å². The van der Waals surface area contributed by atoms with Gasteiger partial charge in [0.15, 0.2) is 0 Å². The van der Waals surface area contributed by atoms with Crippen molar-refractivity contribution in [1.29, 1.82) is 0 Å². The van der Waals surface area contributed by atoms with E-state index in [0.717, 1.165) is 16.7 Å². The Morgan fingerprint density at radius 1 is 1.11 bits per heavy atom. The Balaban J connectivity index is 2.36. The Kier molecular flexibility index (Phi) is 3.59. The fourth-order valence-corrected chi connectivity index (χ4v) is 1.80. The highest BCUT2D eigenvalue weighted by Gasteiger charge is 2.19. The summed E-state index contributed by atoms with van der Waals surface area (Å²) in [6.07, 6.45) is 0. The predicted molar refractivity (Wildman–Crippen MR) is 78.5 cm³/mol. The zero-order chi connectivity index (χ0) is 13.9. The van der Waals surface area contributed by atoms with Gasteiger partial charge in [-0.05, 0) is 37.1 Å². The van der Waals surface area contributed by atoms with E-state index in [1.807, 2.05) is 55.5 Å². The van der Waals surface area contributed by atoms with Gasteiger partial charge in [0.2, 0.25) is 0 Å². The quantitative estimate of drug-likeness (QED) is 0.604. The first-order valence-corrected chi connectivity index (χ1v) is 6.16. The number of nitrogen functional groups attached to an aromatic ring is 1. The van der Waals surface area contributed by atoms with Crippen LogP contribution in [0.2, 0.25) is 0 Å². The summed E-state index contributed by atoms with van der Waals surface area (Å²) in [7, 11) is 0. The van der Waals surface area contributed by atoms with Crippen molar-refractivity contribution < 1.29 is 5.11 Å². The molecule has 2 aromatic rings. The minimum absolute atomic E-state index is 0.627. The molecule has 96 valence electrons. The van der Waals surface area contributed by atoms with Crippen LogP contribution in [0.5, 0.6) is 0 Å². The number of aliphatic hydroxyl groups is 1. The monoisotopic (exact) mass is 251 g/mol. The highest BCUT2D eigenvalue weighted by Crippen LogP contribution is 2.20. The third-order valence-electron chi connectivity index (χ3n) is 2.99. The molecule has 2 aromatic carbocycles. The summed E-state index contributed by atoms with van der Waals surface area (Å²) < 4.78 is 0. The van der Waals surface area contributed by atoms with Crippen LogP contribution in [0.25, 0.3) is 0 Å². The molecule has 0 radical (unpaired) electrons. The van der Waals surface area contributed by atoms with Crippen molar-refractivity contribution >= 4 is 5.69 Å². The van der Waals surface area contributed by atoms with Gasteiger partial charge in [0.25, 0.3) is 0 Å². The summed E-state index contributed by atoms with van der Waals surface area (Å²) in [5.41, 5.74) is 7.93. The lowest BCUT2D eigenvalue weighted by Gasteiger charge is -2.16. The second kappa shape index (κ2) is 5.17. The van der Waals surface area contributed by atoms with Gasteiger partial charge >= 0.3 is 0 Å². The van der Waals surface area contributed by atoms with Crippen LogP contribution in [0, 0.1) is 18.8 Å². The molecule has 0 aliphatic rings. The van der Waals surface area contributed by atoms with Gasteiger partial charge in [-0.3, -0.25) is 0 Å². The molecule has 0 spiro atoms. The second-order valence-corrected chi connectivity index (χ2v) is 4.78. The minimum atomic E-state index is -1.18. The SMILES string of the molecule is Cc1ccc(N)c(C#CC(C)(O)c2ccccc2)c1.